The van der Waals surface area contributed by atoms with E-state index in [1.54, 1.807) is 31.1 Å². The van der Waals surface area contributed by atoms with E-state index in [0.29, 0.717) is 16.0 Å². The van der Waals surface area contributed by atoms with E-state index in [9.17, 15) is 10.4 Å². The molecule has 0 spiro atoms. The second-order valence-corrected chi connectivity index (χ2v) is 5.78. The minimum atomic E-state index is -0.0145. The summed E-state index contributed by atoms with van der Waals surface area (Å²) < 4.78 is 5.67. The van der Waals surface area contributed by atoms with E-state index >= 15 is 0 Å². The van der Waals surface area contributed by atoms with Crippen LogP contribution in [0.2, 0.25) is 0 Å². The number of methoxy groups -OCH3 is 1. The number of anilines is 2. The number of hydrogen-bond acceptors (Lipinski definition) is 8. The first-order valence-corrected chi connectivity index (χ1v) is 7.52. The second kappa shape index (κ2) is 7.14. The van der Waals surface area contributed by atoms with Crippen molar-refractivity contribution in [3.63, 3.8) is 0 Å². The zero-order valence-corrected chi connectivity index (χ0v) is 14.9. The summed E-state index contributed by atoms with van der Waals surface area (Å²) in [5, 5.41) is 19.2. The Hall–Kier alpha value is -2.86. The van der Waals surface area contributed by atoms with Crippen molar-refractivity contribution >= 4 is 39.5 Å². The predicted octanol–water partition coefficient (Wildman–Crippen LogP) is 2.06. The van der Waals surface area contributed by atoms with Gasteiger partial charge in [0.25, 0.3) is 0 Å². The molecule has 1 aromatic heterocycles. The number of nitrogen functional groups attached to an aromatic ring is 1. The number of ether oxygens (including phenoxy) is 1. The summed E-state index contributed by atoms with van der Waals surface area (Å²) in [4.78, 5) is 13.9. The van der Waals surface area contributed by atoms with E-state index in [1.807, 2.05) is 6.07 Å². The van der Waals surface area contributed by atoms with E-state index in [0.717, 1.165) is 0 Å². The number of phenols is 1. The molecule has 0 aliphatic rings. The van der Waals surface area contributed by atoms with Crippen LogP contribution >= 0.6 is 15.9 Å². The molecule has 24 heavy (non-hydrogen) atoms. The maximum Gasteiger partial charge on any atom is 0.230 e. The normalized spacial score (nSPS) is 11.0. The topological polar surface area (TPSA) is 121 Å². The van der Waals surface area contributed by atoms with Gasteiger partial charge in [-0.15, -0.1) is 0 Å². The largest absolute Gasteiger partial charge is 0.504 e. The number of benzene rings is 1. The lowest BCUT2D eigenvalue weighted by atomic mass is 10.1. The van der Waals surface area contributed by atoms with Crippen LogP contribution in [0.15, 0.2) is 16.6 Å². The summed E-state index contributed by atoms with van der Waals surface area (Å²) in [5.41, 5.74) is 6.50. The number of nitriles is 1. The van der Waals surface area contributed by atoms with Gasteiger partial charge in [-0.25, -0.2) is 0 Å². The SMILES string of the molecule is COc1cc(/C=C(/C#N)c2nc(N)nc(N(C)C)n2)c(Br)cc1O. The molecule has 9 heteroatoms. The zero-order chi connectivity index (χ0) is 17.9. The molecule has 0 saturated heterocycles. The van der Waals surface area contributed by atoms with Gasteiger partial charge in [0.1, 0.15) is 6.07 Å². The van der Waals surface area contributed by atoms with Crippen molar-refractivity contribution in [2.24, 2.45) is 0 Å². The lowest BCUT2D eigenvalue weighted by Gasteiger charge is -2.11. The number of phenolic OH excluding ortho intramolecular Hbond substituents is 1. The highest BCUT2D eigenvalue weighted by Gasteiger charge is 2.13. The summed E-state index contributed by atoms with van der Waals surface area (Å²) in [6, 6.07) is 5.12. The Bertz CT molecular complexity index is 845. The van der Waals surface area contributed by atoms with Gasteiger partial charge in [0, 0.05) is 18.6 Å². The summed E-state index contributed by atoms with van der Waals surface area (Å²) in [5.74, 6) is 0.797. The molecule has 0 amide bonds. The van der Waals surface area contributed by atoms with E-state index in [2.05, 4.69) is 30.9 Å². The molecule has 0 aliphatic heterocycles. The minimum absolute atomic E-state index is 0.0145. The highest BCUT2D eigenvalue weighted by molar-refractivity contribution is 9.10. The minimum Gasteiger partial charge on any atom is -0.504 e. The average molecular weight is 391 g/mol. The molecule has 0 unspecified atom stereocenters. The van der Waals surface area contributed by atoms with E-state index in [-0.39, 0.29) is 28.8 Å². The summed E-state index contributed by atoms with van der Waals surface area (Å²) in [6.45, 7) is 0. The number of allylic oxidation sites excluding steroid dienone is 1. The Kier molecular flexibility index (Phi) is 5.21. The molecule has 1 heterocycles. The third kappa shape index (κ3) is 3.72. The number of aromatic hydroxyl groups is 1. The summed E-state index contributed by atoms with van der Waals surface area (Å²) in [7, 11) is 4.96. The Morgan fingerprint density at radius 2 is 2.08 bits per heavy atom. The molecule has 0 aliphatic carbocycles. The van der Waals surface area contributed by atoms with Crippen LogP contribution in [-0.4, -0.2) is 41.3 Å². The van der Waals surface area contributed by atoms with Crippen LogP contribution in [0.5, 0.6) is 11.5 Å². The number of rotatable bonds is 4. The molecule has 8 nitrogen and oxygen atoms in total. The van der Waals surface area contributed by atoms with Crippen LogP contribution < -0.4 is 15.4 Å². The van der Waals surface area contributed by atoms with Crippen molar-refractivity contribution < 1.29 is 9.84 Å². The van der Waals surface area contributed by atoms with Crippen molar-refractivity contribution in [1.82, 2.24) is 15.0 Å². The molecule has 0 saturated carbocycles. The molecule has 0 radical (unpaired) electrons. The van der Waals surface area contributed by atoms with E-state index in [1.165, 1.54) is 13.2 Å². The maximum absolute atomic E-state index is 9.76. The van der Waals surface area contributed by atoms with Crippen molar-refractivity contribution in [3.8, 4) is 17.6 Å². The van der Waals surface area contributed by atoms with Crippen molar-refractivity contribution in [2.75, 3.05) is 31.8 Å². The van der Waals surface area contributed by atoms with Crippen molar-refractivity contribution in [3.05, 3.63) is 28.0 Å². The van der Waals surface area contributed by atoms with Crippen LogP contribution in [0.3, 0.4) is 0 Å². The van der Waals surface area contributed by atoms with Gasteiger partial charge in [0.2, 0.25) is 11.9 Å². The second-order valence-electron chi connectivity index (χ2n) is 4.93. The molecule has 0 bridgehead atoms. The van der Waals surface area contributed by atoms with Gasteiger partial charge < -0.3 is 20.5 Å². The molecule has 0 atom stereocenters. The number of nitrogens with two attached hydrogens (primary N) is 1. The van der Waals surface area contributed by atoms with Gasteiger partial charge in [-0.05, 0) is 23.8 Å². The lowest BCUT2D eigenvalue weighted by molar-refractivity contribution is 0.373. The van der Waals surface area contributed by atoms with Crippen LogP contribution in [0, 0.1) is 11.3 Å². The third-order valence-electron chi connectivity index (χ3n) is 3.00. The Labute approximate surface area is 147 Å². The molecular formula is C15H15BrN6O2. The predicted molar refractivity (Wildman–Crippen MR) is 94.4 cm³/mol. The lowest BCUT2D eigenvalue weighted by Crippen LogP contribution is -2.15. The summed E-state index contributed by atoms with van der Waals surface area (Å²) in [6.07, 6.45) is 1.57. The molecule has 1 aromatic carbocycles. The molecule has 124 valence electrons. The first-order chi connectivity index (χ1) is 11.3. The van der Waals surface area contributed by atoms with Crippen LogP contribution in [0.4, 0.5) is 11.9 Å². The number of nitrogens with zero attached hydrogens (tertiary/aromatic N) is 5. The Balaban J connectivity index is 2.57. The van der Waals surface area contributed by atoms with Crippen LogP contribution in [0.1, 0.15) is 11.4 Å². The number of hydrogen-bond donors (Lipinski definition) is 2. The summed E-state index contributed by atoms with van der Waals surface area (Å²) >= 11 is 3.34. The standard InChI is InChI=1S/C15H15BrN6O2/c1-22(2)15-20-13(19-14(18)21-15)9(7-17)4-8-5-12(24-3)11(23)6-10(8)16/h4-6,23H,1-3H3,(H2,18,19,20,21)/b9-4-. The van der Waals surface area contributed by atoms with Gasteiger partial charge in [-0.2, -0.15) is 20.2 Å². The first-order valence-electron chi connectivity index (χ1n) is 6.73. The van der Waals surface area contributed by atoms with Gasteiger partial charge in [-0.1, -0.05) is 15.9 Å². The fourth-order valence-electron chi connectivity index (χ4n) is 1.84. The molecule has 0 fully saturated rings. The van der Waals surface area contributed by atoms with Crippen LogP contribution in [-0.2, 0) is 0 Å². The van der Waals surface area contributed by atoms with Crippen LogP contribution in [0.25, 0.3) is 11.6 Å². The first kappa shape index (κ1) is 17.5. The molecule has 2 rings (SSSR count). The Morgan fingerprint density at radius 1 is 1.38 bits per heavy atom. The third-order valence-corrected chi connectivity index (χ3v) is 3.69. The van der Waals surface area contributed by atoms with E-state index < -0.39 is 0 Å². The van der Waals surface area contributed by atoms with Gasteiger partial charge in [0.15, 0.2) is 17.3 Å². The number of halogens is 1. The van der Waals surface area contributed by atoms with Gasteiger partial charge in [-0.3, -0.25) is 0 Å². The highest BCUT2D eigenvalue weighted by Crippen LogP contribution is 2.34. The molecular weight excluding hydrogens is 376 g/mol. The molecule has 2 aromatic rings. The quantitative estimate of drug-likeness (QED) is 0.760. The van der Waals surface area contributed by atoms with E-state index in [4.69, 9.17) is 10.5 Å². The van der Waals surface area contributed by atoms with Crippen molar-refractivity contribution in [1.29, 1.82) is 5.26 Å². The fraction of sp³-hybridized carbons (Fsp3) is 0.200. The Morgan fingerprint density at radius 3 is 2.67 bits per heavy atom. The number of aromatic nitrogens is 3. The molecule has 3 N–H and O–H groups in total. The monoisotopic (exact) mass is 390 g/mol. The van der Waals surface area contributed by atoms with Gasteiger partial charge >= 0.3 is 0 Å². The van der Waals surface area contributed by atoms with Crippen molar-refractivity contribution in [2.45, 2.75) is 0 Å². The maximum atomic E-state index is 9.76. The highest BCUT2D eigenvalue weighted by atomic mass is 79.9. The smallest absolute Gasteiger partial charge is 0.230 e. The zero-order valence-electron chi connectivity index (χ0n) is 13.3. The average Bonchev–Trinajstić information content (AvgIpc) is 2.53. The van der Waals surface area contributed by atoms with Gasteiger partial charge in [0.05, 0.1) is 12.7 Å². The fourth-order valence-corrected chi connectivity index (χ4v) is 2.28.